The summed E-state index contributed by atoms with van der Waals surface area (Å²) >= 11 is 0. The van der Waals surface area contributed by atoms with Crippen molar-refractivity contribution in [3.63, 3.8) is 0 Å². The fourth-order valence-electron chi connectivity index (χ4n) is 1.77. The Hall–Kier alpha value is -2.10. The molecule has 18 heavy (non-hydrogen) atoms. The summed E-state index contributed by atoms with van der Waals surface area (Å²) in [5.74, 6) is 0.105. The van der Waals surface area contributed by atoms with Gasteiger partial charge < -0.3 is 9.15 Å². The minimum Gasteiger partial charge on any atom is -0.461 e. The third kappa shape index (κ3) is 2.77. The Kier molecular flexibility index (Phi) is 3.77. The van der Waals surface area contributed by atoms with Crippen LogP contribution in [-0.4, -0.2) is 17.6 Å². The highest BCUT2D eigenvalue weighted by molar-refractivity contribution is 5.88. The molecule has 1 aromatic heterocycles. The van der Waals surface area contributed by atoms with Crippen molar-refractivity contribution in [2.45, 2.75) is 20.3 Å². The lowest BCUT2D eigenvalue weighted by molar-refractivity contribution is 0.0518. The van der Waals surface area contributed by atoms with Crippen LogP contribution in [0.4, 0.5) is 0 Å². The summed E-state index contributed by atoms with van der Waals surface area (Å²) in [4.78, 5) is 15.6. The monoisotopic (exact) mass is 245 g/mol. The van der Waals surface area contributed by atoms with Gasteiger partial charge in [-0.15, -0.1) is 0 Å². The molecule has 4 nitrogen and oxygen atoms in total. The van der Waals surface area contributed by atoms with E-state index in [1.54, 1.807) is 6.92 Å². The van der Waals surface area contributed by atoms with Crippen molar-refractivity contribution < 1.29 is 13.9 Å². The van der Waals surface area contributed by atoms with Gasteiger partial charge in [0.15, 0.2) is 12.1 Å². The molecule has 0 N–H and O–H groups in total. The van der Waals surface area contributed by atoms with Gasteiger partial charge >= 0.3 is 5.97 Å². The standard InChI is InChI=1S/C14H15NO3/c1-3-17-14(16)13-12(18-9-15-13)8-11-6-4-5-10(2)7-11/h4-7,9H,3,8H2,1-2H3. The number of aromatic nitrogens is 1. The number of rotatable bonds is 4. The van der Waals surface area contributed by atoms with Gasteiger partial charge in [0.05, 0.1) is 6.61 Å². The highest BCUT2D eigenvalue weighted by atomic mass is 16.5. The Morgan fingerprint density at radius 2 is 2.28 bits per heavy atom. The second kappa shape index (κ2) is 5.49. The summed E-state index contributed by atoms with van der Waals surface area (Å²) in [5.41, 5.74) is 2.51. The molecule has 0 saturated carbocycles. The number of esters is 1. The second-order valence-corrected chi connectivity index (χ2v) is 4.01. The van der Waals surface area contributed by atoms with Crippen LogP contribution in [0.2, 0.25) is 0 Å². The predicted octanol–water partition coefficient (Wildman–Crippen LogP) is 2.75. The number of carbonyl (C=O) groups is 1. The molecule has 1 aromatic carbocycles. The van der Waals surface area contributed by atoms with E-state index in [2.05, 4.69) is 11.1 Å². The first kappa shape index (κ1) is 12.4. The van der Waals surface area contributed by atoms with Crippen LogP contribution < -0.4 is 0 Å². The summed E-state index contributed by atoms with van der Waals surface area (Å²) in [6, 6.07) is 8.04. The lowest BCUT2D eigenvalue weighted by atomic mass is 10.1. The van der Waals surface area contributed by atoms with E-state index in [1.165, 1.54) is 12.0 Å². The fourth-order valence-corrected chi connectivity index (χ4v) is 1.77. The first-order valence-electron chi connectivity index (χ1n) is 5.85. The zero-order valence-electron chi connectivity index (χ0n) is 10.5. The quantitative estimate of drug-likeness (QED) is 0.777. The molecule has 0 aliphatic heterocycles. The molecule has 0 spiro atoms. The lowest BCUT2D eigenvalue weighted by Crippen LogP contribution is -2.08. The van der Waals surface area contributed by atoms with Crippen LogP contribution in [0.1, 0.15) is 34.3 Å². The van der Waals surface area contributed by atoms with E-state index in [4.69, 9.17) is 9.15 Å². The highest BCUT2D eigenvalue weighted by Crippen LogP contribution is 2.15. The van der Waals surface area contributed by atoms with E-state index in [1.807, 2.05) is 25.1 Å². The number of hydrogen-bond donors (Lipinski definition) is 0. The van der Waals surface area contributed by atoms with Gasteiger partial charge in [-0.1, -0.05) is 29.8 Å². The Morgan fingerprint density at radius 1 is 1.44 bits per heavy atom. The fraction of sp³-hybridized carbons (Fsp3) is 0.286. The van der Waals surface area contributed by atoms with Gasteiger partial charge in [0.1, 0.15) is 5.76 Å². The molecule has 0 saturated heterocycles. The van der Waals surface area contributed by atoms with Crippen LogP contribution in [0.25, 0.3) is 0 Å². The van der Waals surface area contributed by atoms with Crippen molar-refractivity contribution in [2.24, 2.45) is 0 Å². The summed E-state index contributed by atoms with van der Waals surface area (Å²) < 4.78 is 10.2. The van der Waals surface area contributed by atoms with Crippen molar-refractivity contribution in [3.05, 3.63) is 53.2 Å². The van der Waals surface area contributed by atoms with E-state index < -0.39 is 5.97 Å². The molecule has 94 valence electrons. The number of hydrogen-bond acceptors (Lipinski definition) is 4. The molecule has 1 heterocycles. The van der Waals surface area contributed by atoms with E-state index in [9.17, 15) is 4.79 Å². The van der Waals surface area contributed by atoms with Crippen LogP contribution in [0.15, 0.2) is 35.1 Å². The smallest absolute Gasteiger partial charge is 0.360 e. The zero-order valence-corrected chi connectivity index (χ0v) is 10.5. The molecule has 0 unspecified atom stereocenters. The summed E-state index contributed by atoms with van der Waals surface area (Å²) in [7, 11) is 0. The Morgan fingerprint density at radius 3 is 3.00 bits per heavy atom. The molecule has 0 atom stereocenters. The number of benzene rings is 1. The molecule has 4 heteroatoms. The van der Waals surface area contributed by atoms with Gasteiger partial charge in [0.2, 0.25) is 0 Å². The van der Waals surface area contributed by atoms with Crippen LogP contribution in [0.5, 0.6) is 0 Å². The molecular weight excluding hydrogens is 230 g/mol. The average Bonchev–Trinajstić information content (AvgIpc) is 2.77. The largest absolute Gasteiger partial charge is 0.461 e. The van der Waals surface area contributed by atoms with E-state index in [0.717, 1.165) is 5.56 Å². The van der Waals surface area contributed by atoms with Gasteiger partial charge in [-0.2, -0.15) is 0 Å². The van der Waals surface area contributed by atoms with Crippen molar-refractivity contribution in [2.75, 3.05) is 6.61 Å². The van der Waals surface area contributed by atoms with Crippen molar-refractivity contribution >= 4 is 5.97 Å². The minimum atomic E-state index is -0.436. The maximum atomic E-state index is 11.6. The van der Waals surface area contributed by atoms with Gasteiger partial charge in [0, 0.05) is 6.42 Å². The summed E-state index contributed by atoms with van der Waals surface area (Å²) in [6.45, 7) is 4.12. The number of ether oxygens (including phenoxy) is 1. The maximum Gasteiger partial charge on any atom is 0.360 e. The van der Waals surface area contributed by atoms with Gasteiger partial charge in [-0.05, 0) is 19.4 Å². The molecule has 2 aromatic rings. The SMILES string of the molecule is CCOC(=O)c1ncoc1Cc1cccc(C)c1. The molecule has 0 fully saturated rings. The molecule has 0 radical (unpaired) electrons. The molecule has 0 aliphatic rings. The number of nitrogens with zero attached hydrogens (tertiary/aromatic N) is 1. The second-order valence-electron chi connectivity index (χ2n) is 4.01. The van der Waals surface area contributed by atoms with Crippen LogP contribution >= 0.6 is 0 Å². The summed E-state index contributed by atoms with van der Waals surface area (Å²) in [6.07, 6.45) is 1.81. The molecule has 0 amide bonds. The topological polar surface area (TPSA) is 52.3 Å². The molecule has 2 rings (SSSR count). The average molecular weight is 245 g/mol. The minimum absolute atomic E-state index is 0.262. The van der Waals surface area contributed by atoms with E-state index >= 15 is 0 Å². The third-order valence-corrected chi connectivity index (χ3v) is 2.56. The molecule has 0 bridgehead atoms. The zero-order chi connectivity index (χ0) is 13.0. The first-order valence-corrected chi connectivity index (χ1v) is 5.85. The van der Waals surface area contributed by atoms with Crippen molar-refractivity contribution in [3.8, 4) is 0 Å². The molecular formula is C14H15NO3. The van der Waals surface area contributed by atoms with Gasteiger partial charge in [0.25, 0.3) is 0 Å². The van der Waals surface area contributed by atoms with Gasteiger partial charge in [-0.3, -0.25) is 0 Å². The van der Waals surface area contributed by atoms with Crippen LogP contribution in [-0.2, 0) is 11.2 Å². The Bertz CT molecular complexity index is 545. The number of aryl methyl sites for hydroxylation is 1. The van der Waals surface area contributed by atoms with Crippen molar-refractivity contribution in [1.29, 1.82) is 0 Å². The van der Waals surface area contributed by atoms with E-state index in [0.29, 0.717) is 18.8 Å². The van der Waals surface area contributed by atoms with Crippen molar-refractivity contribution in [1.82, 2.24) is 4.98 Å². The predicted molar refractivity (Wildman–Crippen MR) is 66.4 cm³/mol. The molecule has 0 aliphatic carbocycles. The van der Waals surface area contributed by atoms with E-state index in [-0.39, 0.29) is 5.69 Å². The number of carbonyl (C=O) groups excluding carboxylic acids is 1. The Labute approximate surface area is 106 Å². The van der Waals surface area contributed by atoms with Gasteiger partial charge in [-0.25, -0.2) is 9.78 Å². The highest BCUT2D eigenvalue weighted by Gasteiger charge is 2.17. The maximum absolute atomic E-state index is 11.6. The third-order valence-electron chi connectivity index (χ3n) is 2.56. The van der Waals surface area contributed by atoms with Crippen LogP contribution in [0.3, 0.4) is 0 Å². The lowest BCUT2D eigenvalue weighted by Gasteiger charge is -2.02. The first-order chi connectivity index (χ1) is 8.70. The number of oxazole rings is 1. The van der Waals surface area contributed by atoms with Crippen LogP contribution in [0, 0.1) is 6.92 Å². The Balaban J connectivity index is 2.20. The summed E-state index contributed by atoms with van der Waals surface area (Å²) in [5, 5.41) is 0. The normalized spacial score (nSPS) is 10.3.